The zero-order chi connectivity index (χ0) is 21.3. The maximum Gasteiger partial charge on any atom is 0.262 e. The quantitative estimate of drug-likeness (QED) is 0.401. The van der Waals surface area contributed by atoms with Gasteiger partial charge in [0.15, 0.2) is 10.8 Å². The molecule has 0 unspecified atom stereocenters. The summed E-state index contributed by atoms with van der Waals surface area (Å²) in [7, 11) is 0. The van der Waals surface area contributed by atoms with Gasteiger partial charge in [0.1, 0.15) is 0 Å². The summed E-state index contributed by atoms with van der Waals surface area (Å²) in [5.41, 5.74) is 3.87. The van der Waals surface area contributed by atoms with Gasteiger partial charge in [-0.2, -0.15) is 5.10 Å². The lowest BCUT2D eigenvalue weighted by molar-refractivity contribution is 0.0989. The van der Waals surface area contributed by atoms with Crippen molar-refractivity contribution in [3.63, 3.8) is 0 Å². The lowest BCUT2D eigenvalue weighted by Crippen LogP contribution is -2.31. The fraction of sp³-hybridized carbons (Fsp3) is 0.217. The number of carbonyl (C=O) groups excluding carboxylic acids is 1. The number of amides is 1. The minimum absolute atomic E-state index is 0.145. The second-order valence-electron chi connectivity index (χ2n) is 7.30. The molecule has 0 fully saturated rings. The summed E-state index contributed by atoms with van der Waals surface area (Å²) in [6.45, 7) is 10.1. The minimum atomic E-state index is -0.145. The van der Waals surface area contributed by atoms with Gasteiger partial charge in [0.05, 0.1) is 23.1 Å². The van der Waals surface area contributed by atoms with Gasteiger partial charge in [-0.25, -0.2) is 14.6 Å². The first kappa shape index (κ1) is 20.0. The second kappa shape index (κ2) is 8.20. The third kappa shape index (κ3) is 3.64. The zero-order valence-electron chi connectivity index (χ0n) is 17.2. The number of thiazole rings is 1. The Bertz CT molecular complexity index is 1210. The topological polar surface area (TPSA) is 63.9 Å². The molecule has 0 aliphatic heterocycles. The minimum Gasteiger partial charge on any atom is -0.280 e. The highest BCUT2D eigenvalue weighted by atomic mass is 32.1. The molecule has 0 saturated carbocycles. The molecule has 4 aromatic rings. The summed E-state index contributed by atoms with van der Waals surface area (Å²) in [4.78, 5) is 24.5. The smallest absolute Gasteiger partial charge is 0.262 e. The Labute approximate surface area is 179 Å². The van der Waals surface area contributed by atoms with Gasteiger partial charge >= 0.3 is 0 Å². The Balaban J connectivity index is 1.72. The molecule has 1 aromatic carbocycles. The van der Waals surface area contributed by atoms with E-state index in [2.05, 4.69) is 30.5 Å². The number of pyridine rings is 1. The number of aromatic nitrogens is 4. The molecule has 0 spiro atoms. The van der Waals surface area contributed by atoms with Crippen molar-refractivity contribution < 1.29 is 4.79 Å². The molecule has 0 aliphatic rings. The number of rotatable bonds is 6. The highest BCUT2D eigenvalue weighted by molar-refractivity contribution is 7.14. The molecule has 1 amide bonds. The second-order valence-corrected chi connectivity index (χ2v) is 8.14. The number of hydrogen-bond acceptors (Lipinski definition) is 5. The molecular formula is C23H23N5OS. The number of fused-ring (bicyclic) bond motifs is 1. The SMILES string of the molecule is C=CCN(C(=O)c1cc2cnn(C(C)C)c2nc1C)c1nc(-c2ccccc2)cs1. The Morgan fingerprint density at radius 3 is 2.73 bits per heavy atom. The normalized spacial score (nSPS) is 11.2. The van der Waals surface area contributed by atoms with E-state index < -0.39 is 0 Å². The van der Waals surface area contributed by atoms with Crippen LogP contribution in [0.15, 0.2) is 60.6 Å². The van der Waals surface area contributed by atoms with E-state index in [0.717, 1.165) is 22.3 Å². The number of carbonyl (C=O) groups is 1. The molecule has 3 heterocycles. The molecule has 0 atom stereocenters. The summed E-state index contributed by atoms with van der Waals surface area (Å²) in [6.07, 6.45) is 3.47. The summed E-state index contributed by atoms with van der Waals surface area (Å²) < 4.78 is 1.87. The predicted molar refractivity (Wildman–Crippen MR) is 122 cm³/mol. The fourth-order valence-electron chi connectivity index (χ4n) is 3.31. The molecule has 0 N–H and O–H groups in total. The predicted octanol–water partition coefficient (Wildman–Crippen LogP) is 5.28. The summed E-state index contributed by atoms with van der Waals surface area (Å²) >= 11 is 1.44. The van der Waals surface area contributed by atoms with Gasteiger partial charge in [0.2, 0.25) is 0 Å². The lowest BCUT2D eigenvalue weighted by Gasteiger charge is -2.19. The van der Waals surface area contributed by atoms with E-state index in [0.29, 0.717) is 22.9 Å². The molecule has 30 heavy (non-hydrogen) atoms. The van der Waals surface area contributed by atoms with Crippen LogP contribution in [0, 0.1) is 6.92 Å². The van der Waals surface area contributed by atoms with Gasteiger partial charge in [0, 0.05) is 28.9 Å². The first-order valence-electron chi connectivity index (χ1n) is 9.78. The Morgan fingerprint density at radius 2 is 2.03 bits per heavy atom. The maximum absolute atomic E-state index is 13.5. The molecule has 0 radical (unpaired) electrons. The zero-order valence-corrected chi connectivity index (χ0v) is 18.1. The van der Waals surface area contributed by atoms with Crippen LogP contribution in [-0.4, -0.2) is 32.2 Å². The molecule has 0 saturated heterocycles. The van der Waals surface area contributed by atoms with Crippen LogP contribution >= 0.6 is 11.3 Å². The summed E-state index contributed by atoms with van der Waals surface area (Å²) in [6, 6.07) is 12.0. The Hall–Kier alpha value is -3.32. The van der Waals surface area contributed by atoms with Crippen molar-refractivity contribution in [1.29, 1.82) is 0 Å². The van der Waals surface area contributed by atoms with Crippen molar-refractivity contribution >= 4 is 33.4 Å². The standard InChI is InChI=1S/C23H23N5OS/c1-5-11-27(23-26-20(14-30-23)17-9-7-6-8-10-17)22(29)19-12-18-13-24-28(15(2)3)21(18)25-16(19)4/h5-10,12-15H,1,11H2,2-4H3. The van der Waals surface area contributed by atoms with Gasteiger partial charge in [-0.05, 0) is 26.8 Å². The maximum atomic E-state index is 13.5. The van der Waals surface area contributed by atoms with Crippen LogP contribution in [0.5, 0.6) is 0 Å². The molecule has 4 rings (SSSR count). The van der Waals surface area contributed by atoms with Gasteiger partial charge in [-0.3, -0.25) is 9.69 Å². The average Bonchev–Trinajstić information content (AvgIpc) is 3.38. The lowest BCUT2D eigenvalue weighted by atomic mass is 10.1. The van der Waals surface area contributed by atoms with Crippen LogP contribution in [0.2, 0.25) is 0 Å². The molecule has 6 nitrogen and oxygen atoms in total. The van der Waals surface area contributed by atoms with E-state index >= 15 is 0 Å². The number of aryl methyl sites for hydroxylation is 1. The third-order valence-corrected chi connectivity index (χ3v) is 5.69. The highest BCUT2D eigenvalue weighted by Crippen LogP contribution is 2.29. The summed E-state index contributed by atoms with van der Waals surface area (Å²) in [5, 5.41) is 7.87. The van der Waals surface area contributed by atoms with Gasteiger partial charge < -0.3 is 0 Å². The first-order valence-corrected chi connectivity index (χ1v) is 10.7. The van der Waals surface area contributed by atoms with Crippen LogP contribution in [0.25, 0.3) is 22.3 Å². The van der Waals surface area contributed by atoms with Crippen molar-refractivity contribution in [1.82, 2.24) is 19.7 Å². The number of benzene rings is 1. The van der Waals surface area contributed by atoms with E-state index in [1.807, 2.05) is 53.4 Å². The average molecular weight is 418 g/mol. The Morgan fingerprint density at radius 1 is 1.27 bits per heavy atom. The number of hydrogen-bond donors (Lipinski definition) is 0. The van der Waals surface area contributed by atoms with E-state index in [-0.39, 0.29) is 11.9 Å². The van der Waals surface area contributed by atoms with Crippen LogP contribution in [-0.2, 0) is 0 Å². The molecule has 152 valence electrons. The molecule has 0 aliphatic carbocycles. The van der Waals surface area contributed by atoms with Crippen LogP contribution in [0.1, 0.15) is 35.9 Å². The van der Waals surface area contributed by atoms with E-state index in [1.165, 1.54) is 11.3 Å². The Kier molecular flexibility index (Phi) is 5.46. The van der Waals surface area contributed by atoms with Crippen LogP contribution in [0.4, 0.5) is 5.13 Å². The van der Waals surface area contributed by atoms with Crippen molar-refractivity contribution in [2.45, 2.75) is 26.8 Å². The van der Waals surface area contributed by atoms with Gasteiger partial charge in [0.25, 0.3) is 5.91 Å². The molecule has 7 heteroatoms. The van der Waals surface area contributed by atoms with E-state index in [9.17, 15) is 4.79 Å². The van der Waals surface area contributed by atoms with Gasteiger partial charge in [-0.15, -0.1) is 17.9 Å². The first-order chi connectivity index (χ1) is 14.5. The highest BCUT2D eigenvalue weighted by Gasteiger charge is 2.23. The van der Waals surface area contributed by atoms with E-state index in [1.54, 1.807) is 17.2 Å². The van der Waals surface area contributed by atoms with E-state index in [4.69, 9.17) is 4.98 Å². The van der Waals surface area contributed by atoms with Crippen molar-refractivity contribution in [3.8, 4) is 11.3 Å². The number of anilines is 1. The van der Waals surface area contributed by atoms with Crippen molar-refractivity contribution in [2.75, 3.05) is 11.4 Å². The summed E-state index contributed by atoms with van der Waals surface area (Å²) in [5.74, 6) is -0.145. The van der Waals surface area contributed by atoms with Gasteiger partial charge in [-0.1, -0.05) is 36.4 Å². The molecular weight excluding hydrogens is 394 g/mol. The third-order valence-electron chi connectivity index (χ3n) is 4.83. The molecule has 0 bridgehead atoms. The van der Waals surface area contributed by atoms with Crippen molar-refractivity contribution in [2.24, 2.45) is 0 Å². The molecule has 3 aromatic heterocycles. The van der Waals surface area contributed by atoms with Crippen LogP contribution in [0.3, 0.4) is 0 Å². The number of nitrogens with zero attached hydrogens (tertiary/aromatic N) is 5. The van der Waals surface area contributed by atoms with Crippen LogP contribution < -0.4 is 4.90 Å². The monoisotopic (exact) mass is 417 g/mol. The largest absolute Gasteiger partial charge is 0.280 e. The fourth-order valence-corrected chi connectivity index (χ4v) is 4.15. The van der Waals surface area contributed by atoms with Crippen molar-refractivity contribution in [3.05, 3.63) is 71.9 Å².